The quantitative estimate of drug-likeness (QED) is 0.557. The summed E-state index contributed by atoms with van der Waals surface area (Å²) >= 11 is 1.60. The van der Waals surface area contributed by atoms with Crippen LogP contribution in [0.5, 0.6) is 0 Å². The van der Waals surface area contributed by atoms with Crippen LogP contribution < -0.4 is 0 Å². The molecule has 0 saturated carbocycles. The first-order chi connectivity index (χ1) is 12.8. The van der Waals surface area contributed by atoms with E-state index in [4.69, 9.17) is 0 Å². The predicted molar refractivity (Wildman–Crippen MR) is 93.4 cm³/mol. The third kappa shape index (κ3) is 3.35. The number of pyridine rings is 1. The third-order valence-electron chi connectivity index (χ3n) is 3.76. The number of nitrogens with one attached hydrogen (secondary N) is 1. The summed E-state index contributed by atoms with van der Waals surface area (Å²) in [5, 5.41) is 21.8. The molecular formula is C16H14N8OS. The van der Waals surface area contributed by atoms with E-state index in [0.29, 0.717) is 24.5 Å². The second-order valence-electron chi connectivity index (χ2n) is 5.54. The van der Waals surface area contributed by atoms with Crippen LogP contribution in [0.15, 0.2) is 53.9 Å². The summed E-state index contributed by atoms with van der Waals surface area (Å²) in [5.41, 5.74) is 2.42. The second kappa shape index (κ2) is 7.23. The number of thiophene rings is 1. The lowest BCUT2D eigenvalue weighted by molar-refractivity contribution is 0.0730. The lowest BCUT2D eigenvalue weighted by Crippen LogP contribution is -2.30. The van der Waals surface area contributed by atoms with Gasteiger partial charge in [0, 0.05) is 25.5 Å². The van der Waals surface area contributed by atoms with Gasteiger partial charge in [-0.1, -0.05) is 6.07 Å². The second-order valence-corrected chi connectivity index (χ2v) is 6.32. The van der Waals surface area contributed by atoms with E-state index in [0.717, 1.165) is 11.1 Å². The van der Waals surface area contributed by atoms with Gasteiger partial charge in [-0.05, 0) is 44.4 Å². The van der Waals surface area contributed by atoms with Crippen LogP contribution in [0.3, 0.4) is 0 Å². The summed E-state index contributed by atoms with van der Waals surface area (Å²) in [7, 11) is 0. The predicted octanol–water partition coefficient (Wildman–Crippen LogP) is 1.68. The van der Waals surface area contributed by atoms with Crippen molar-refractivity contribution in [3.63, 3.8) is 0 Å². The number of amides is 1. The molecule has 0 atom stereocenters. The van der Waals surface area contributed by atoms with E-state index in [1.54, 1.807) is 28.6 Å². The highest BCUT2D eigenvalue weighted by Gasteiger charge is 2.23. The molecule has 0 aliphatic heterocycles. The maximum Gasteiger partial charge on any atom is 0.259 e. The molecule has 9 nitrogen and oxygen atoms in total. The molecule has 1 N–H and O–H groups in total. The highest BCUT2D eigenvalue weighted by molar-refractivity contribution is 7.07. The fraction of sp³-hybridized carbons (Fsp3) is 0.125. The van der Waals surface area contributed by atoms with Gasteiger partial charge in [-0.25, -0.2) is 0 Å². The molecule has 0 saturated heterocycles. The first-order valence-electron chi connectivity index (χ1n) is 7.77. The number of hydrogen-bond acceptors (Lipinski definition) is 7. The Balaban J connectivity index is 1.65. The SMILES string of the molecule is O=C(c1cn[nH]c1-n1cnnn1)N(Cc1cccnc1)Cc1ccsc1. The molecule has 0 unspecified atom stereocenters. The minimum absolute atomic E-state index is 0.167. The van der Waals surface area contributed by atoms with Crippen molar-refractivity contribution < 1.29 is 4.79 Å². The number of aromatic amines is 1. The van der Waals surface area contributed by atoms with Crippen LogP contribution in [0.25, 0.3) is 5.82 Å². The van der Waals surface area contributed by atoms with Crippen molar-refractivity contribution in [1.82, 2.24) is 40.3 Å². The number of H-pyrrole nitrogens is 1. The molecule has 0 bridgehead atoms. The van der Waals surface area contributed by atoms with Crippen LogP contribution in [0.2, 0.25) is 0 Å². The average molecular weight is 366 g/mol. The fourth-order valence-corrected chi connectivity index (χ4v) is 3.22. The molecule has 0 aliphatic rings. The lowest BCUT2D eigenvalue weighted by Gasteiger charge is -2.22. The Bertz CT molecular complexity index is 965. The Kier molecular flexibility index (Phi) is 4.48. The van der Waals surface area contributed by atoms with E-state index in [1.807, 2.05) is 29.0 Å². The van der Waals surface area contributed by atoms with Crippen molar-refractivity contribution in [2.45, 2.75) is 13.1 Å². The monoisotopic (exact) mass is 366 g/mol. The number of carbonyl (C=O) groups excluding carboxylic acids is 1. The number of tetrazole rings is 1. The standard InChI is InChI=1S/C16H14N8OS/c25-16(14-7-18-20-15(14)24-11-19-21-22-24)23(9-13-3-5-26-10-13)8-12-2-1-4-17-6-12/h1-7,10-11H,8-9H2,(H,18,20). The molecule has 0 spiro atoms. The van der Waals surface area contributed by atoms with Gasteiger partial charge < -0.3 is 4.90 Å². The van der Waals surface area contributed by atoms with E-state index in [2.05, 4.69) is 30.7 Å². The number of nitrogens with zero attached hydrogens (tertiary/aromatic N) is 7. The summed E-state index contributed by atoms with van der Waals surface area (Å²) < 4.78 is 1.38. The number of aromatic nitrogens is 7. The van der Waals surface area contributed by atoms with E-state index in [-0.39, 0.29) is 5.91 Å². The van der Waals surface area contributed by atoms with Crippen molar-refractivity contribution in [1.29, 1.82) is 0 Å². The molecule has 0 aliphatic carbocycles. The molecule has 4 aromatic heterocycles. The van der Waals surface area contributed by atoms with Gasteiger partial charge in [0.25, 0.3) is 5.91 Å². The molecule has 0 aromatic carbocycles. The first kappa shape index (κ1) is 16.1. The van der Waals surface area contributed by atoms with Gasteiger partial charge in [0.05, 0.1) is 6.20 Å². The Morgan fingerprint density at radius 1 is 1.23 bits per heavy atom. The van der Waals surface area contributed by atoms with Crippen LogP contribution in [-0.4, -0.2) is 46.2 Å². The van der Waals surface area contributed by atoms with E-state index in [9.17, 15) is 4.79 Å². The molecular weight excluding hydrogens is 352 g/mol. The van der Waals surface area contributed by atoms with Gasteiger partial charge >= 0.3 is 0 Å². The molecule has 0 radical (unpaired) electrons. The summed E-state index contributed by atoms with van der Waals surface area (Å²) in [6, 6.07) is 5.80. The Hall–Kier alpha value is -3.40. The zero-order valence-corrected chi connectivity index (χ0v) is 14.4. The zero-order chi connectivity index (χ0) is 17.8. The summed E-state index contributed by atoms with van der Waals surface area (Å²) in [5.74, 6) is 0.265. The molecule has 4 aromatic rings. The topological polar surface area (TPSA) is 105 Å². The molecule has 4 rings (SSSR count). The molecule has 1 amide bonds. The van der Waals surface area contributed by atoms with Crippen molar-refractivity contribution in [3.05, 3.63) is 70.6 Å². The Morgan fingerprint density at radius 3 is 2.88 bits per heavy atom. The van der Waals surface area contributed by atoms with Gasteiger partial charge in [0.15, 0.2) is 5.82 Å². The highest BCUT2D eigenvalue weighted by Crippen LogP contribution is 2.18. The molecule has 4 heterocycles. The Morgan fingerprint density at radius 2 is 2.15 bits per heavy atom. The normalized spacial score (nSPS) is 10.8. The molecule has 26 heavy (non-hydrogen) atoms. The van der Waals surface area contributed by atoms with Crippen LogP contribution in [-0.2, 0) is 13.1 Å². The number of carbonyl (C=O) groups is 1. The maximum absolute atomic E-state index is 13.2. The summed E-state index contributed by atoms with van der Waals surface area (Å²) in [6.45, 7) is 0.917. The largest absolute Gasteiger partial charge is 0.330 e. The Labute approximate surface area is 152 Å². The first-order valence-corrected chi connectivity index (χ1v) is 8.71. The zero-order valence-electron chi connectivity index (χ0n) is 13.6. The van der Waals surface area contributed by atoms with Crippen molar-refractivity contribution in [2.24, 2.45) is 0 Å². The van der Waals surface area contributed by atoms with Crippen molar-refractivity contribution in [3.8, 4) is 5.82 Å². The molecule has 0 fully saturated rings. The number of rotatable bonds is 6. The van der Waals surface area contributed by atoms with Gasteiger partial charge in [0.2, 0.25) is 0 Å². The average Bonchev–Trinajstić information content (AvgIpc) is 3.42. The lowest BCUT2D eigenvalue weighted by atomic mass is 10.2. The maximum atomic E-state index is 13.2. The van der Waals surface area contributed by atoms with E-state index in [1.165, 1.54) is 17.2 Å². The minimum atomic E-state index is -0.167. The fourth-order valence-electron chi connectivity index (χ4n) is 2.56. The molecule has 130 valence electrons. The highest BCUT2D eigenvalue weighted by atomic mass is 32.1. The van der Waals surface area contributed by atoms with E-state index < -0.39 is 0 Å². The molecule has 10 heteroatoms. The van der Waals surface area contributed by atoms with Crippen molar-refractivity contribution in [2.75, 3.05) is 0 Å². The summed E-state index contributed by atoms with van der Waals surface area (Å²) in [6.07, 6.45) is 6.36. The van der Waals surface area contributed by atoms with Crippen LogP contribution in [0, 0.1) is 0 Å². The van der Waals surface area contributed by atoms with Crippen molar-refractivity contribution >= 4 is 17.2 Å². The minimum Gasteiger partial charge on any atom is -0.330 e. The van der Waals surface area contributed by atoms with Gasteiger partial charge in [0.1, 0.15) is 11.9 Å². The van der Waals surface area contributed by atoms with Gasteiger partial charge in [-0.15, -0.1) is 5.10 Å². The van der Waals surface area contributed by atoms with Crippen LogP contribution >= 0.6 is 11.3 Å². The van der Waals surface area contributed by atoms with Crippen LogP contribution in [0.1, 0.15) is 21.5 Å². The number of hydrogen-bond donors (Lipinski definition) is 1. The third-order valence-corrected chi connectivity index (χ3v) is 4.50. The van der Waals surface area contributed by atoms with Gasteiger partial charge in [-0.2, -0.15) is 21.1 Å². The summed E-state index contributed by atoms with van der Waals surface area (Å²) in [4.78, 5) is 19.1. The van der Waals surface area contributed by atoms with E-state index >= 15 is 0 Å². The van der Waals surface area contributed by atoms with Gasteiger partial charge in [-0.3, -0.25) is 14.9 Å². The van der Waals surface area contributed by atoms with Crippen LogP contribution in [0.4, 0.5) is 0 Å². The smallest absolute Gasteiger partial charge is 0.259 e.